The minimum absolute atomic E-state index is 0.0266. The van der Waals surface area contributed by atoms with Crippen LogP contribution < -0.4 is 5.32 Å². The highest BCUT2D eigenvalue weighted by molar-refractivity contribution is 5.95. The zero-order chi connectivity index (χ0) is 13.9. The van der Waals surface area contributed by atoms with Crippen molar-refractivity contribution in [1.29, 1.82) is 0 Å². The second-order valence-electron chi connectivity index (χ2n) is 5.49. The van der Waals surface area contributed by atoms with E-state index in [2.05, 4.69) is 20.0 Å². The third kappa shape index (κ3) is 2.66. The van der Waals surface area contributed by atoms with Crippen molar-refractivity contribution in [3.63, 3.8) is 0 Å². The number of hydrogen-bond acceptors (Lipinski definition) is 5. The topological polar surface area (TPSA) is 88.3 Å². The predicted octanol–water partition coefficient (Wildman–Crippen LogP) is 0.477. The van der Waals surface area contributed by atoms with Gasteiger partial charge in [-0.25, -0.2) is 0 Å². The van der Waals surface area contributed by atoms with Gasteiger partial charge in [0.05, 0.1) is 6.54 Å². The molecule has 2 amide bonds. The van der Waals surface area contributed by atoms with E-state index in [9.17, 15) is 9.59 Å². The fourth-order valence-corrected chi connectivity index (χ4v) is 3.08. The number of carbonyl (C=O) groups is 2. The molecule has 2 heterocycles. The molecule has 1 atom stereocenters. The van der Waals surface area contributed by atoms with Crippen LogP contribution in [-0.2, 0) is 16.1 Å². The van der Waals surface area contributed by atoms with E-state index in [0.29, 0.717) is 5.82 Å². The molecule has 1 saturated heterocycles. The Balaban J connectivity index is 1.71. The highest BCUT2D eigenvalue weighted by atomic mass is 16.5. The van der Waals surface area contributed by atoms with Crippen LogP contribution in [0.15, 0.2) is 10.9 Å². The molecular weight excluding hydrogens is 260 g/mol. The summed E-state index contributed by atoms with van der Waals surface area (Å²) >= 11 is 0. The number of rotatable bonds is 3. The molecule has 7 nitrogen and oxygen atoms in total. The maximum absolute atomic E-state index is 12.5. The lowest BCUT2D eigenvalue weighted by Crippen LogP contribution is -2.60. The summed E-state index contributed by atoms with van der Waals surface area (Å²) in [6, 6.07) is -0.386. The molecule has 1 aromatic rings. The fraction of sp³-hybridized carbons (Fsp3) is 0.692. The van der Waals surface area contributed by atoms with Crippen molar-refractivity contribution >= 4 is 11.8 Å². The molecule has 2 aliphatic rings. The summed E-state index contributed by atoms with van der Waals surface area (Å²) in [6.45, 7) is 0.294. The number of nitrogens with one attached hydrogen (secondary N) is 1. The first-order valence-electron chi connectivity index (χ1n) is 7.07. The molecular formula is C13H18N4O3. The Kier molecular flexibility index (Phi) is 3.66. The number of nitrogens with zero attached hydrogens (tertiary/aromatic N) is 3. The van der Waals surface area contributed by atoms with Gasteiger partial charge in [-0.3, -0.25) is 9.59 Å². The first-order valence-corrected chi connectivity index (χ1v) is 7.07. The Morgan fingerprint density at radius 2 is 2.10 bits per heavy atom. The maximum atomic E-state index is 12.5. The molecule has 0 aromatic carbocycles. The maximum Gasteiger partial charge on any atom is 0.246 e. The summed E-state index contributed by atoms with van der Waals surface area (Å²) < 4.78 is 4.66. The molecule has 0 bridgehead atoms. The first-order chi connectivity index (χ1) is 9.74. The van der Waals surface area contributed by atoms with Gasteiger partial charge in [0, 0.05) is 0 Å². The molecule has 1 N–H and O–H groups in total. The summed E-state index contributed by atoms with van der Waals surface area (Å²) in [5, 5.41) is 6.55. The normalized spacial score (nSPS) is 24.8. The van der Waals surface area contributed by atoms with Crippen molar-refractivity contribution in [2.24, 2.45) is 5.92 Å². The van der Waals surface area contributed by atoms with Crippen LogP contribution >= 0.6 is 0 Å². The van der Waals surface area contributed by atoms with Gasteiger partial charge < -0.3 is 14.7 Å². The number of hydrogen-bond donors (Lipinski definition) is 1. The van der Waals surface area contributed by atoms with Crippen LogP contribution in [0.25, 0.3) is 0 Å². The minimum atomic E-state index is -0.386. The monoisotopic (exact) mass is 278 g/mol. The van der Waals surface area contributed by atoms with Gasteiger partial charge in [-0.15, -0.1) is 0 Å². The number of carbonyl (C=O) groups excluding carboxylic acids is 2. The SMILES string of the molecule is O=C1CN(Cc2ncon2)C(=O)C(C2CCCCC2)N1. The van der Waals surface area contributed by atoms with Gasteiger partial charge >= 0.3 is 0 Å². The van der Waals surface area contributed by atoms with E-state index in [1.165, 1.54) is 17.7 Å². The molecule has 1 saturated carbocycles. The van der Waals surface area contributed by atoms with Crippen LogP contribution in [-0.4, -0.2) is 39.4 Å². The summed E-state index contributed by atoms with van der Waals surface area (Å²) in [5.41, 5.74) is 0. The fourth-order valence-electron chi connectivity index (χ4n) is 3.08. The number of piperazine rings is 1. The number of aromatic nitrogens is 2. The van der Waals surface area contributed by atoms with Crippen molar-refractivity contribution in [3.8, 4) is 0 Å². The summed E-state index contributed by atoms with van der Waals surface area (Å²) in [5.74, 6) is 0.550. The Hall–Kier alpha value is -1.92. The van der Waals surface area contributed by atoms with Crippen LogP contribution in [0.1, 0.15) is 37.9 Å². The first kappa shape index (κ1) is 13.1. The van der Waals surface area contributed by atoms with Crippen molar-refractivity contribution in [3.05, 3.63) is 12.2 Å². The molecule has 0 radical (unpaired) electrons. The zero-order valence-electron chi connectivity index (χ0n) is 11.2. The predicted molar refractivity (Wildman–Crippen MR) is 68.2 cm³/mol. The minimum Gasteiger partial charge on any atom is -0.343 e. The molecule has 20 heavy (non-hydrogen) atoms. The lowest BCUT2D eigenvalue weighted by molar-refractivity contribution is -0.147. The Bertz CT molecular complexity index is 482. The molecule has 0 spiro atoms. The van der Waals surface area contributed by atoms with E-state index < -0.39 is 0 Å². The average molecular weight is 278 g/mol. The van der Waals surface area contributed by atoms with Gasteiger partial charge in [0.25, 0.3) is 0 Å². The van der Waals surface area contributed by atoms with E-state index in [4.69, 9.17) is 0 Å². The van der Waals surface area contributed by atoms with Crippen LogP contribution in [0.5, 0.6) is 0 Å². The van der Waals surface area contributed by atoms with Crippen LogP contribution in [0.4, 0.5) is 0 Å². The van der Waals surface area contributed by atoms with E-state index >= 15 is 0 Å². The Morgan fingerprint density at radius 1 is 1.30 bits per heavy atom. The van der Waals surface area contributed by atoms with E-state index in [1.807, 2.05) is 0 Å². The lowest BCUT2D eigenvalue weighted by Gasteiger charge is -2.37. The summed E-state index contributed by atoms with van der Waals surface area (Å²) in [7, 11) is 0. The second kappa shape index (κ2) is 5.60. The van der Waals surface area contributed by atoms with Crippen molar-refractivity contribution in [1.82, 2.24) is 20.4 Å². The highest BCUT2D eigenvalue weighted by Gasteiger charge is 2.38. The average Bonchev–Trinajstić information content (AvgIpc) is 2.96. The van der Waals surface area contributed by atoms with Gasteiger partial charge in [-0.05, 0) is 18.8 Å². The lowest BCUT2D eigenvalue weighted by atomic mass is 9.82. The zero-order valence-corrected chi connectivity index (χ0v) is 11.2. The van der Waals surface area contributed by atoms with Gasteiger partial charge in [-0.2, -0.15) is 4.98 Å². The Morgan fingerprint density at radius 3 is 2.80 bits per heavy atom. The molecule has 7 heteroatoms. The van der Waals surface area contributed by atoms with E-state index in [-0.39, 0.29) is 36.9 Å². The quantitative estimate of drug-likeness (QED) is 0.868. The van der Waals surface area contributed by atoms with Gasteiger partial charge in [0.2, 0.25) is 18.2 Å². The van der Waals surface area contributed by atoms with Gasteiger partial charge in [0.15, 0.2) is 5.82 Å². The molecule has 1 aliphatic heterocycles. The van der Waals surface area contributed by atoms with E-state index in [0.717, 1.165) is 25.7 Å². The number of amides is 2. The largest absolute Gasteiger partial charge is 0.343 e. The third-order valence-electron chi connectivity index (χ3n) is 4.09. The standard InChI is InChI=1S/C13H18N4O3/c18-11-7-17(6-10-14-8-20-16-10)13(19)12(15-11)9-4-2-1-3-5-9/h8-9,12H,1-7H2,(H,15,18). The van der Waals surface area contributed by atoms with Crippen LogP contribution in [0, 0.1) is 5.92 Å². The van der Waals surface area contributed by atoms with Crippen molar-refractivity contribution < 1.29 is 14.1 Å². The van der Waals surface area contributed by atoms with Gasteiger partial charge in [0.1, 0.15) is 12.6 Å². The van der Waals surface area contributed by atoms with Crippen LogP contribution in [0.3, 0.4) is 0 Å². The summed E-state index contributed by atoms with van der Waals surface area (Å²) in [6.07, 6.45) is 6.73. The molecule has 3 rings (SSSR count). The van der Waals surface area contributed by atoms with Crippen LogP contribution in [0.2, 0.25) is 0 Å². The molecule has 1 aliphatic carbocycles. The third-order valence-corrected chi connectivity index (χ3v) is 4.09. The van der Waals surface area contributed by atoms with Crippen molar-refractivity contribution in [2.75, 3.05) is 6.54 Å². The van der Waals surface area contributed by atoms with E-state index in [1.54, 1.807) is 0 Å². The molecule has 1 aromatic heterocycles. The smallest absolute Gasteiger partial charge is 0.246 e. The second-order valence-corrected chi connectivity index (χ2v) is 5.49. The molecule has 2 fully saturated rings. The van der Waals surface area contributed by atoms with Gasteiger partial charge in [-0.1, -0.05) is 24.4 Å². The molecule has 1 unspecified atom stereocenters. The molecule has 108 valence electrons. The summed E-state index contributed by atoms with van der Waals surface area (Å²) in [4.78, 5) is 29.8. The Labute approximate surface area is 116 Å². The van der Waals surface area contributed by atoms with Crippen molar-refractivity contribution in [2.45, 2.75) is 44.7 Å². The highest BCUT2D eigenvalue weighted by Crippen LogP contribution is 2.28.